The molecule has 0 saturated heterocycles. The first kappa shape index (κ1) is 8.08. The van der Waals surface area contributed by atoms with Crippen molar-refractivity contribution < 1.29 is 4.42 Å². The number of benzene rings is 1. The summed E-state index contributed by atoms with van der Waals surface area (Å²) in [6, 6.07) is 5.70. The van der Waals surface area contributed by atoms with Gasteiger partial charge in [0.05, 0.1) is 0 Å². The van der Waals surface area contributed by atoms with Crippen LogP contribution >= 0.6 is 27.5 Å². The lowest BCUT2D eigenvalue weighted by atomic mass is 10.2. The smallest absolute Gasteiger partial charge is 0.265 e. The maximum atomic E-state index is 5.72. The fraction of sp³-hybridized carbons (Fsp3) is 0.125. The number of para-hydroxylation sites is 1. The largest absolute Gasteiger partial charge is 0.431 e. The summed E-state index contributed by atoms with van der Waals surface area (Å²) in [5.41, 5.74) is 2.59. The molecule has 2 rings (SSSR count). The molecule has 4 heteroatoms. The lowest BCUT2D eigenvalue weighted by Crippen LogP contribution is -1.79. The Labute approximate surface area is 82.7 Å². The summed E-state index contributed by atoms with van der Waals surface area (Å²) in [5, 5.41) is 0. The summed E-state index contributed by atoms with van der Waals surface area (Å²) >= 11 is 8.89. The summed E-state index contributed by atoms with van der Waals surface area (Å²) in [4.78, 5) is 4.64. The minimum Gasteiger partial charge on any atom is -0.431 e. The second-order valence-corrected chi connectivity index (χ2v) is 3.31. The number of hydrogen-bond acceptors (Lipinski definition) is 2. The Morgan fingerprint density at radius 2 is 2.33 bits per heavy atom. The number of rotatable bonds is 1. The molecule has 0 aliphatic carbocycles. The number of aromatic nitrogens is 1. The van der Waals surface area contributed by atoms with Gasteiger partial charge in [0.2, 0.25) is 0 Å². The van der Waals surface area contributed by atoms with Gasteiger partial charge in [0.1, 0.15) is 5.52 Å². The standard InChI is InChI=1S/C8H5BrClNO/c9-8-11-7-5(4-10)2-1-3-6(7)12-8/h1-3H,4H2. The molecule has 2 aromatic rings. The normalized spacial score (nSPS) is 10.8. The Bertz CT molecular complexity index is 412. The molecule has 0 aliphatic heterocycles. The molecule has 0 unspecified atom stereocenters. The molecule has 0 radical (unpaired) electrons. The van der Waals surface area contributed by atoms with E-state index in [2.05, 4.69) is 20.9 Å². The zero-order valence-electron chi connectivity index (χ0n) is 6.05. The van der Waals surface area contributed by atoms with Gasteiger partial charge in [-0.05, 0) is 11.6 Å². The molecule has 2 nitrogen and oxygen atoms in total. The van der Waals surface area contributed by atoms with Gasteiger partial charge in [-0.15, -0.1) is 11.6 Å². The van der Waals surface area contributed by atoms with Crippen LogP contribution in [0.2, 0.25) is 0 Å². The summed E-state index contributed by atoms with van der Waals surface area (Å²) in [7, 11) is 0. The van der Waals surface area contributed by atoms with Gasteiger partial charge < -0.3 is 4.42 Å². The maximum Gasteiger partial charge on any atom is 0.265 e. The Hall–Kier alpha value is -0.540. The summed E-state index contributed by atoms with van der Waals surface area (Å²) < 4.78 is 5.26. The SMILES string of the molecule is ClCc1cccc2oc(Br)nc12. The zero-order chi connectivity index (χ0) is 8.55. The van der Waals surface area contributed by atoms with Crippen LogP contribution in [0.4, 0.5) is 0 Å². The van der Waals surface area contributed by atoms with Crippen molar-refractivity contribution in [2.45, 2.75) is 5.88 Å². The number of oxazole rings is 1. The van der Waals surface area contributed by atoms with E-state index in [4.69, 9.17) is 16.0 Å². The number of fused-ring (bicyclic) bond motifs is 1. The predicted molar refractivity (Wildman–Crippen MR) is 51.3 cm³/mol. The van der Waals surface area contributed by atoms with Crippen molar-refractivity contribution in [3.63, 3.8) is 0 Å². The number of hydrogen-bond donors (Lipinski definition) is 0. The molecule has 0 spiro atoms. The van der Waals surface area contributed by atoms with Crippen LogP contribution in [-0.4, -0.2) is 4.98 Å². The average Bonchev–Trinajstić information content (AvgIpc) is 2.44. The van der Waals surface area contributed by atoms with E-state index >= 15 is 0 Å². The van der Waals surface area contributed by atoms with E-state index in [1.165, 1.54) is 0 Å². The maximum absolute atomic E-state index is 5.72. The fourth-order valence-corrected chi connectivity index (χ4v) is 1.65. The Kier molecular flexibility index (Phi) is 2.07. The van der Waals surface area contributed by atoms with Gasteiger partial charge in [0, 0.05) is 21.8 Å². The van der Waals surface area contributed by atoms with Crippen molar-refractivity contribution in [2.24, 2.45) is 0 Å². The highest BCUT2D eigenvalue weighted by Gasteiger charge is 2.05. The number of alkyl halides is 1. The molecule has 0 amide bonds. The molecule has 0 atom stereocenters. The van der Waals surface area contributed by atoms with E-state index in [1.807, 2.05) is 18.2 Å². The van der Waals surface area contributed by atoms with Crippen molar-refractivity contribution in [2.75, 3.05) is 0 Å². The predicted octanol–water partition coefficient (Wildman–Crippen LogP) is 3.33. The molecule has 0 saturated carbocycles. The first-order valence-corrected chi connectivity index (χ1v) is 4.74. The third-order valence-electron chi connectivity index (χ3n) is 1.62. The third kappa shape index (κ3) is 1.23. The summed E-state index contributed by atoms with van der Waals surface area (Å²) in [5.74, 6) is 0.455. The summed E-state index contributed by atoms with van der Waals surface area (Å²) in [6.45, 7) is 0. The highest BCUT2D eigenvalue weighted by atomic mass is 79.9. The highest BCUT2D eigenvalue weighted by Crippen LogP contribution is 2.23. The topological polar surface area (TPSA) is 26.0 Å². The first-order valence-electron chi connectivity index (χ1n) is 3.41. The lowest BCUT2D eigenvalue weighted by Gasteiger charge is -1.92. The van der Waals surface area contributed by atoms with Gasteiger partial charge in [0.25, 0.3) is 4.80 Å². The van der Waals surface area contributed by atoms with Crippen LogP contribution in [0.1, 0.15) is 5.56 Å². The molecular weight excluding hydrogens is 241 g/mol. The molecule has 1 heterocycles. The molecule has 1 aromatic heterocycles. The van der Waals surface area contributed by atoms with Crippen molar-refractivity contribution >= 4 is 38.6 Å². The molecule has 0 bridgehead atoms. The molecule has 12 heavy (non-hydrogen) atoms. The minimum atomic E-state index is 0.455. The second kappa shape index (κ2) is 3.07. The molecule has 62 valence electrons. The van der Waals surface area contributed by atoms with Crippen LogP contribution in [0.15, 0.2) is 27.4 Å². The van der Waals surface area contributed by atoms with Crippen molar-refractivity contribution in [3.8, 4) is 0 Å². The Balaban J connectivity index is 2.78. The van der Waals surface area contributed by atoms with Crippen LogP contribution in [-0.2, 0) is 5.88 Å². The van der Waals surface area contributed by atoms with Crippen LogP contribution < -0.4 is 0 Å². The molecular formula is C8H5BrClNO. The van der Waals surface area contributed by atoms with Gasteiger partial charge in [-0.3, -0.25) is 0 Å². The van der Waals surface area contributed by atoms with Crippen LogP contribution in [0.3, 0.4) is 0 Å². The van der Waals surface area contributed by atoms with E-state index in [1.54, 1.807) is 0 Å². The van der Waals surface area contributed by atoms with Crippen LogP contribution in [0.5, 0.6) is 0 Å². The quantitative estimate of drug-likeness (QED) is 0.721. The first-order chi connectivity index (χ1) is 5.81. The number of halogens is 2. The monoisotopic (exact) mass is 245 g/mol. The fourth-order valence-electron chi connectivity index (χ4n) is 1.09. The van der Waals surface area contributed by atoms with Crippen molar-refractivity contribution in [1.29, 1.82) is 0 Å². The average molecular weight is 246 g/mol. The van der Waals surface area contributed by atoms with E-state index in [0.29, 0.717) is 10.7 Å². The molecule has 0 N–H and O–H groups in total. The van der Waals surface area contributed by atoms with Gasteiger partial charge >= 0.3 is 0 Å². The van der Waals surface area contributed by atoms with E-state index in [0.717, 1.165) is 16.7 Å². The van der Waals surface area contributed by atoms with Gasteiger partial charge in [-0.2, -0.15) is 0 Å². The Morgan fingerprint density at radius 1 is 1.50 bits per heavy atom. The van der Waals surface area contributed by atoms with Gasteiger partial charge in [-0.1, -0.05) is 12.1 Å². The summed E-state index contributed by atoms with van der Waals surface area (Å²) in [6.07, 6.45) is 0. The van der Waals surface area contributed by atoms with Crippen molar-refractivity contribution in [3.05, 3.63) is 28.6 Å². The van der Waals surface area contributed by atoms with E-state index in [9.17, 15) is 0 Å². The lowest BCUT2D eigenvalue weighted by molar-refractivity contribution is 0.570. The molecule has 0 fully saturated rings. The van der Waals surface area contributed by atoms with Crippen LogP contribution in [0, 0.1) is 0 Å². The molecule has 0 aliphatic rings. The molecule has 1 aromatic carbocycles. The van der Waals surface area contributed by atoms with Crippen molar-refractivity contribution in [1.82, 2.24) is 4.98 Å². The zero-order valence-corrected chi connectivity index (χ0v) is 8.39. The van der Waals surface area contributed by atoms with Crippen LogP contribution in [0.25, 0.3) is 11.1 Å². The third-order valence-corrected chi connectivity index (χ3v) is 2.25. The van der Waals surface area contributed by atoms with Gasteiger partial charge in [-0.25, -0.2) is 4.98 Å². The van der Waals surface area contributed by atoms with E-state index < -0.39 is 0 Å². The highest BCUT2D eigenvalue weighted by molar-refractivity contribution is 9.10. The minimum absolute atomic E-state index is 0.455. The van der Waals surface area contributed by atoms with E-state index in [-0.39, 0.29) is 0 Å². The number of nitrogens with zero attached hydrogens (tertiary/aromatic N) is 1. The Morgan fingerprint density at radius 3 is 3.08 bits per heavy atom. The second-order valence-electron chi connectivity index (χ2n) is 2.36. The van der Waals surface area contributed by atoms with Gasteiger partial charge in [0.15, 0.2) is 5.58 Å².